The zero-order chi connectivity index (χ0) is 27.9. The average Bonchev–Trinajstić information content (AvgIpc) is 3.49. The topological polar surface area (TPSA) is 110 Å². The molecule has 12 heteroatoms. The number of likely N-dealkylation sites (N-methyl/N-ethyl adjacent to an activating group) is 1. The van der Waals surface area contributed by atoms with Gasteiger partial charge in [0.15, 0.2) is 0 Å². The second kappa shape index (κ2) is 13.4. The summed E-state index contributed by atoms with van der Waals surface area (Å²) in [4.78, 5) is 45.5. The molecule has 1 saturated heterocycles. The summed E-state index contributed by atoms with van der Waals surface area (Å²) in [6, 6.07) is 8.35. The van der Waals surface area contributed by atoms with Crippen LogP contribution in [0.1, 0.15) is 50.7 Å². The Morgan fingerprint density at radius 1 is 1.24 bits per heavy atom. The van der Waals surface area contributed by atoms with E-state index in [0.29, 0.717) is 24.1 Å². The molecule has 0 saturated carbocycles. The summed E-state index contributed by atoms with van der Waals surface area (Å²) in [7, 11) is 1.73. The van der Waals surface area contributed by atoms with Crippen molar-refractivity contribution >= 4 is 45.4 Å². The highest BCUT2D eigenvalue weighted by Gasteiger charge is 2.40. The maximum Gasteiger partial charge on any atom is 0.410 e. The van der Waals surface area contributed by atoms with E-state index >= 15 is 0 Å². The first-order chi connectivity index (χ1) is 17.9. The largest absolute Gasteiger partial charge is 0.464 e. The van der Waals surface area contributed by atoms with Gasteiger partial charge in [0, 0.05) is 38.5 Å². The second-order valence-corrected chi connectivity index (χ2v) is 11.8. The molecule has 1 fully saturated rings. The van der Waals surface area contributed by atoms with Crippen LogP contribution < -0.4 is 5.32 Å². The highest BCUT2D eigenvalue weighted by Crippen LogP contribution is 2.33. The lowest BCUT2D eigenvalue weighted by molar-refractivity contribution is -0.142. The fraction of sp³-hybridized carbons (Fsp3) is 0.538. The van der Waals surface area contributed by atoms with Crippen LogP contribution in [0.4, 0.5) is 9.59 Å². The Morgan fingerprint density at radius 2 is 1.95 bits per heavy atom. The molecule has 1 N–H and O–H groups in total. The molecule has 1 aromatic heterocycles. The number of nitrogens with one attached hydrogen (secondary N) is 1. The predicted octanol–water partition coefficient (Wildman–Crippen LogP) is 4.75. The number of amides is 2. The third-order valence-electron chi connectivity index (χ3n) is 5.93. The smallest absolute Gasteiger partial charge is 0.410 e. The summed E-state index contributed by atoms with van der Waals surface area (Å²) in [5.41, 5.74) is 0.218. The van der Waals surface area contributed by atoms with Crippen molar-refractivity contribution in [3.8, 4) is 0 Å². The molecule has 0 aliphatic carbocycles. The van der Waals surface area contributed by atoms with Crippen LogP contribution in [0.2, 0.25) is 0 Å². The molecule has 0 spiro atoms. The van der Waals surface area contributed by atoms with Gasteiger partial charge in [-0.15, -0.1) is 11.3 Å². The number of carbonyl (C=O) groups is 3. The molecule has 3 atom stereocenters. The Labute approximate surface area is 235 Å². The molecule has 2 aromatic rings. The molecule has 0 unspecified atom stereocenters. The van der Waals surface area contributed by atoms with Crippen LogP contribution in [0, 0.1) is 0 Å². The second-order valence-electron chi connectivity index (χ2n) is 10.1. The van der Waals surface area contributed by atoms with E-state index < -0.39 is 35.8 Å². The van der Waals surface area contributed by atoms with Crippen LogP contribution in [0.5, 0.6) is 0 Å². The van der Waals surface area contributed by atoms with Crippen molar-refractivity contribution in [2.45, 2.75) is 64.4 Å². The summed E-state index contributed by atoms with van der Waals surface area (Å²) in [6.07, 6.45) is -0.322. The number of aromatic nitrogens is 1. The Morgan fingerprint density at radius 3 is 2.55 bits per heavy atom. The van der Waals surface area contributed by atoms with Gasteiger partial charge in [0.05, 0.1) is 12.1 Å². The van der Waals surface area contributed by atoms with Crippen molar-refractivity contribution in [2.75, 3.05) is 26.7 Å². The molecule has 3 rings (SSSR count). The molecule has 0 radical (unpaired) electrons. The van der Waals surface area contributed by atoms with Crippen molar-refractivity contribution in [3.05, 3.63) is 50.9 Å². The Bertz CT molecular complexity index is 1090. The van der Waals surface area contributed by atoms with Crippen LogP contribution in [0.15, 0.2) is 40.3 Å². The van der Waals surface area contributed by atoms with Crippen LogP contribution in [0.25, 0.3) is 0 Å². The molecular weight excluding hydrogens is 576 g/mol. The van der Waals surface area contributed by atoms with Gasteiger partial charge in [0.1, 0.15) is 28.4 Å². The number of likely N-dealkylation sites (tertiary alicyclic amines) is 1. The average molecular weight is 612 g/mol. The van der Waals surface area contributed by atoms with Gasteiger partial charge in [-0.1, -0.05) is 30.3 Å². The molecule has 2 amide bonds. The summed E-state index contributed by atoms with van der Waals surface area (Å²) < 4.78 is 17.0. The van der Waals surface area contributed by atoms with E-state index in [0.717, 1.165) is 10.6 Å². The minimum atomic E-state index is -0.697. The number of carbonyl (C=O) groups excluding carboxylic acids is 3. The zero-order valence-electron chi connectivity index (χ0n) is 22.3. The van der Waals surface area contributed by atoms with Gasteiger partial charge in [0.25, 0.3) is 0 Å². The Hall–Kier alpha value is -2.70. The Balaban J connectivity index is 1.75. The van der Waals surface area contributed by atoms with E-state index in [1.165, 1.54) is 18.3 Å². The zero-order valence-corrected chi connectivity index (χ0v) is 24.7. The molecule has 10 nitrogen and oxygen atoms in total. The van der Waals surface area contributed by atoms with Gasteiger partial charge in [-0.25, -0.2) is 14.6 Å². The molecule has 1 aromatic carbocycles. The van der Waals surface area contributed by atoms with E-state index in [1.54, 1.807) is 32.7 Å². The van der Waals surface area contributed by atoms with E-state index in [-0.39, 0.29) is 19.3 Å². The van der Waals surface area contributed by atoms with E-state index in [1.807, 2.05) is 35.7 Å². The standard InChI is InChI=1S/C26H35BrN4O6S/c1-17(32)35-15-20(28-24(33)37-26(2,3)4)22(23-29-21(27)16-38-23)31-12-11-19(13-31)30(5)25(34)36-14-18-9-7-6-8-10-18/h6-10,16,19-20,22H,11-15H2,1-5H3,(H,28,33)/t19-,20+,22-/m0/s1. The first-order valence-electron chi connectivity index (χ1n) is 12.3. The van der Waals surface area contributed by atoms with E-state index in [9.17, 15) is 14.4 Å². The number of rotatable bonds is 9. The molecule has 208 valence electrons. The molecule has 0 bridgehead atoms. The monoisotopic (exact) mass is 610 g/mol. The number of halogens is 1. The van der Waals surface area contributed by atoms with Crippen LogP contribution in [-0.4, -0.2) is 77.4 Å². The van der Waals surface area contributed by atoms with E-state index in [2.05, 4.69) is 31.1 Å². The minimum Gasteiger partial charge on any atom is -0.464 e. The number of hydrogen-bond donors (Lipinski definition) is 1. The fourth-order valence-corrected chi connectivity index (χ4v) is 5.63. The quantitative estimate of drug-likeness (QED) is 0.320. The number of benzene rings is 1. The van der Waals surface area contributed by atoms with Crippen molar-refractivity contribution in [2.24, 2.45) is 0 Å². The normalized spacial score (nSPS) is 17.4. The van der Waals surface area contributed by atoms with Gasteiger partial charge in [-0.2, -0.15) is 0 Å². The number of alkyl carbamates (subject to hydrolysis) is 1. The van der Waals surface area contributed by atoms with Crippen LogP contribution >= 0.6 is 27.3 Å². The van der Waals surface area contributed by atoms with Gasteiger partial charge >= 0.3 is 18.2 Å². The van der Waals surface area contributed by atoms with E-state index in [4.69, 9.17) is 14.2 Å². The van der Waals surface area contributed by atoms with Crippen LogP contribution in [-0.2, 0) is 25.6 Å². The number of hydrogen-bond acceptors (Lipinski definition) is 9. The molecule has 1 aliphatic rings. The highest BCUT2D eigenvalue weighted by molar-refractivity contribution is 9.10. The predicted molar refractivity (Wildman–Crippen MR) is 147 cm³/mol. The first kappa shape index (κ1) is 29.9. The molecule has 1 aliphatic heterocycles. The lowest BCUT2D eigenvalue weighted by Gasteiger charge is -2.34. The minimum absolute atomic E-state index is 0.0629. The summed E-state index contributed by atoms with van der Waals surface area (Å²) in [5.74, 6) is -0.458. The summed E-state index contributed by atoms with van der Waals surface area (Å²) in [6.45, 7) is 7.94. The number of thiazole rings is 1. The lowest BCUT2D eigenvalue weighted by Crippen LogP contribution is -2.50. The van der Waals surface area contributed by atoms with Crippen LogP contribution in [0.3, 0.4) is 0 Å². The molecular formula is C26H35BrN4O6S. The maximum absolute atomic E-state index is 12.8. The van der Waals surface area contributed by atoms with Crippen molar-refractivity contribution in [1.29, 1.82) is 0 Å². The number of nitrogens with zero attached hydrogens (tertiary/aromatic N) is 3. The highest BCUT2D eigenvalue weighted by atomic mass is 79.9. The summed E-state index contributed by atoms with van der Waals surface area (Å²) >= 11 is 4.85. The third-order valence-corrected chi connectivity index (χ3v) is 7.55. The number of ether oxygens (including phenoxy) is 3. The van der Waals surface area contributed by atoms with Gasteiger partial charge in [-0.3, -0.25) is 9.69 Å². The lowest BCUT2D eigenvalue weighted by atomic mass is 10.1. The van der Waals surface area contributed by atoms with Crippen molar-refractivity contribution in [1.82, 2.24) is 20.1 Å². The third kappa shape index (κ3) is 8.95. The maximum atomic E-state index is 12.8. The van der Waals surface area contributed by atoms with Gasteiger partial charge in [-0.05, 0) is 48.7 Å². The first-order valence-corrected chi connectivity index (χ1v) is 14.0. The fourth-order valence-electron chi connectivity index (χ4n) is 4.17. The SMILES string of the molecule is CC(=O)OC[C@@H](NC(=O)OC(C)(C)C)[C@@H](c1nc(Br)cs1)N1CC[C@H](N(C)C(=O)OCc2ccccc2)C1. The number of esters is 1. The molecule has 2 heterocycles. The van der Waals surface area contributed by atoms with Crippen molar-refractivity contribution in [3.63, 3.8) is 0 Å². The van der Waals surface area contributed by atoms with Gasteiger partial charge in [0.2, 0.25) is 0 Å². The molecule has 38 heavy (non-hydrogen) atoms. The van der Waals surface area contributed by atoms with Gasteiger partial charge < -0.3 is 24.4 Å². The Kier molecular flexibility index (Phi) is 10.5. The van der Waals surface area contributed by atoms with Crippen molar-refractivity contribution < 1.29 is 28.6 Å². The summed E-state index contributed by atoms with van der Waals surface area (Å²) in [5, 5.41) is 5.48.